The Morgan fingerprint density at radius 1 is 0.741 bits per heavy atom. The van der Waals surface area contributed by atoms with Crippen molar-refractivity contribution < 1.29 is 9.59 Å². The van der Waals surface area contributed by atoms with Crippen molar-refractivity contribution in [3.8, 4) is 0 Å². The highest BCUT2D eigenvalue weighted by atomic mass is 32.2. The monoisotopic (exact) mass is 374 g/mol. The Kier molecular flexibility index (Phi) is 6.55. The molecule has 0 spiro atoms. The summed E-state index contributed by atoms with van der Waals surface area (Å²) in [7, 11) is 0. The number of carbonyl (C=O) groups excluding carboxylic acids is 2. The zero-order valence-electron chi connectivity index (χ0n) is 14.5. The molecule has 0 heterocycles. The van der Waals surface area contributed by atoms with Crippen LogP contribution in [0.5, 0.6) is 0 Å². The minimum Gasteiger partial charge on any atom is -0.301 e. The standard InChI is InChI=1S/C22H18N2O2S/c25-20(18-12-6-2-7-13-18)23-22(27-16-17-10-4-1-5-11-17)24-21(26)19-14-8-3-9-15-19/h1-15H,16H2,(H,23,24,25,26). The van der Waals surface area contributed by atoms with Gasteiger partial charge in [0.15, 0.2) is 5.17 Å². The van der Waals surface area contributed by atoms with E-state index in [1.165, 1.54) is 11.8 Å². The van der Waals surface area contributed by atoms with Crippen molar-refractivity contribution in [1.82, 2.24) is 5.32 Å². The third kappa shape index (κ3) is 5.66. The molecule has 0 bridgehead atoms. The molecule has 0 aromatic heterocycles. The molecule has 1 N–H and O–H groups in total. The van der Waals surface area contributed by atoms with Crippen LogP contribution in [0.25, 0.3) is 0 Å². The molecule has 134 valence electrons. The number of carbonyl (C=O) groups is 2. The highest BCUT2D eigenvalue weighted by Crippen LogP contribution is 2.14. The first-order chi connectivity index (χ1) is 13.2. The Morgan fingerprint density at radius 2 is 1.26 bits per heavy atom. The lowest BCUT2D eigenvalue weighted by atomic mass is 10.2. The van der Waals surface area contributed by atoms with Crippen molar-refractivity contribution in [2.45, 2.75) is 5.75 Å². The number of hydrogen-bond donors (Lipinski definition) is 1. The quantitative estimate of drug-likeness (QED) is 0.538. The van der Waals surface area contributed by atoms with Gasteiger partial charge in [0.05, 0.1) is 0 Å². The summed E-state index contributed by atoms with van der Waals surface area (Å²) in [5.41, 5.74) is 2.07. The van der Waals surface area contributed by atoms with Gasteiger partial charge in [-0.1, -0.05) is 78.5 Å². The van der Waals surface area contributed by atoms with Crippen molar-refractivity contribution >= 4 is 28.7 Å². The summed E-state index contributed by atoms with van der Waals surface area (Å²) in [6.07, 6.45) is 0. The van der Waals surface area contributed by atoms with Gasteiger partial charge in [-0.05, 0) is 29.8 Å². The Balaban J connectivity index is 1.78. The normalized spacial score (nSPS) is 11.0. The summed E-state index contributed by atoms with van der Waals surface area (Å²) in [6, 6.07) is 27.5. The fraction of sp³-hybridized carbons (Fsp3) is 0.0455. The Bertz CT molecular complexity index is 926. The minimum absolute atomic E-state index is 0.279. The smallest absolute Gasteiger partial charge is 0.279 e. The van der Waals surface area contributed by atoms with E-state index in [-0.39, 0.29) is 17.0 Å². The van der Waals surface area contributed by atoms with Crippen LogP contribution in [0.2, 0.25) is 0 Å². The second-order valence-corrected chi connectivity index (χ2v) is 6.65. The van der Waals surface area contributed by atoms with E-state index < -0.39 is 0 Å². The number of rotatable bonds is 4. The van der Waals surface area contributed by atoms with E-state index in [0.717, 1.165) is 5.56 Å². The molecule has 5 heteroatoms. The molecule has 3 rings (SSSR count). The highest BCUT2D eigenvalue weighted by molar-refractivity contribution is 8.13. The molecule has 3 aromatic carbocycles. The first-order valence-corrected chi connectivity index (χ1v) is 9.42. The van der Waals surface area contributed by atoms with E-state index in [9.17, 15) is 9.59 Å². The van der Waals surface area contributed by atoms with Crippen LogP contribution in [0, 0.1) is 0 Å². The molecule has 27 heavy (non-hydrogen) atoms. The van der Waals surface area contributed by atoms with Crippen molar-refractivity contribution in [2.75, 3.05) is 0 Å². The molecular formula is C22H18N2O2S. The number of benzene rings is 3. The third-order valence-corrected chi connectivity index (χ3v) is 4.64. The largest absolute Gasteiger partial charge is 0.301 e. The molecule has 0 aliphatic carbocycles. The van der Waals surface area contributed by atoms with Gasteiger partial charge in [0, 0.05) is 16.9 Å². The van der Waals surface area contributed by atoms with E-state index in [1.807, 2.05) is 42.5 Å². The maximum absolute atomic E-state index is 12.5. The zero-order valence-corrected chi connectivity index (χ0v) is 15.4. The first kappa shape index (κ1) is 18.6. The molecule has 0 radical (unpaired) electrons. The van der Waals surface area contributed by atoms with Crippen LogP contribution in [0.3, 0.4) is 0 Å². The number of amides is 2. The Hall–Kier alpha value is -3.18. The van der Waals surface area contributed by atoms with Crippen LogP contribution >= 0.6 is 11.8 Å². The average Bonchev–Trinajstić information content (AvgIpc) is 2.74. The van der Waals surface area contributed by atoms with Crippen molar-refractivity contribution in [3.63, 3.8) is 0 Å². The molecule has 3 aromatic rings. The lowest BCUT2D eigenvalue weighted by Crippen LogP contribution is -2.29. The molecule has 2 amide bonds. The van der Waals surface area contributed by atoms with Gasteiger partial charge in [0.1, 0.15) is 0 Å². The van der Waals surface area contributed by atoms with E-state index in [2.05, 4.69) is 10.3 Å². The van der Waals surface area contributed by atoms with Crippen LogP contribution in [-0.2, 0) is 5.75 Å². The van der Waals surface area contributed by atoms with Crippen LogP contribution in [0.1, 0.15) is 26.3 Å². The highest BCUT2D eigenvalue weighted by Gasteiger charge is 2.12. The molecule has 0 unspecified atom stereocenters. The molecule has 0 fully saturated rings. The van der Waals surface area contributed by atoms with E-state index in [1.54, 1.807) is 48.5 Å². The van der Waals surface area contributed by atoms with Crippen molar-refractivity contribution in [1.29, 1.82) is 0 Å². The fourth-order valence-corrected chi connectivity index (χ4v) is 3.13. The lowest BCUT2D eigenvalue weighted by molar-refractivity contribution is 0.0978. The van der Waals surface area contributed by atoms with Gasteiger partial charge in [-0.25, -0.2) is 0 Å². The summed E-state index contributed by atoms with van der Waals surface area (Å²) in [5.74, 6) is -0.0909. The first-order valence-electron chi connectivity index (χ1n) is 8.43. The van der Waals surface area contributed by atoms with Gasteiger partial charge >= 0.3 is 0 Å². The molecule has 0 saturated heterocycles. The van der Waals surface area contributed by atoms with Crippen LogP contribution in [0.15, 0.2) is 96.0 Å². The number of nitrogens with one attached hydrogen (secondary N) is 1. The minimum atomic E-state index is -0.389. The van der Waals surface area contributed by atoms with Gasteiger partial charge < -0.3 is 5.32 Å². The lowest BCUT2D eigenvalue weighted by Gasteiger charge is -2.09. The molecule has 0 aliphatic heterocycles. The summed E-state index contributed by atoms with van der Waals surface area (Å²) in [6.45, 7) is 0. The molecule has 4 nitrogen and oxygen atoms in total. The Labute approximate surface area is 162 Å². The second kappa shape index (κ2) is 9.50. The van der Waals surface area contributed by atoms with E-state index >= 15 is 0 Å². The summed E-state index contributed by atoms with van der Waals surface area (Å²) >= 11 is 1.32. The maximum atomic E-state index is 12.5. The number of aliphatic imine (C=N–C) groups is 1. The Morgan fingerprint density at radius 3 is 1.85 bits per heavy atom. The van der Waals surface area contributed by atoms with Gasteiger partial charge in [-0.2, -0.15) is 4.99 Å². The van der Waals surface area contributed by atoms with E-state index in [0.29, 0.717) is 16.9 Å². The zero-order chi connectivity index (χ0) is 18.9. The van der Waals surface area contributed by atoms with Crippen molar-refractivity contribution in [3.05, 3.63) is 108 Å². The van der Waals surface area contributed by atoms with Gasteiger partial charge in [-0.15, -0.1) is 0 Å². The van der Waals surface area contributed by atoms with Gasteiger partial charge in [-0.3, -0.25) is 9.59 Å². The van der Waals surface area contributed by atoms with Crippen LogP contribution < -0.4 is 5.32 Å². The molecule has 0 atom stereocenters. The summed E-state index contributed by atoms with van der Waals surface area (Å²) in [4.78, 5) is 29.0. The predicted octanol–water partition coefficient (Wildman–Crippen LogP) is 4.55. The molecule has 0 aliphatic rings. The molecular weight excluding hydrogens is 356 g/mol. The van der Waals surface area contributed by atoms with Crippen LogP contribution in [-0.4, -0.2) is 17.0 Å². The second-order valence-electron chi connectivity index (χ2n) is 5.68. The topological polar surface area (TPSA) is 58.5 Å². The summed E-state index contributed by atoms with van der Waals surface area (Å²) in [5, 5.41) is 3.04. The van der Waals surface area contributed by atoms with Crippen molar-refractivity contribution in [2.24, 2.45) is 4.99 Å². The number of hydrogen-bond acceptors (Lipinski definition) is 3. The number of thioether (sulfide) groups is 1. The average molecular weight is 374 g/mol. The fourth-order valence-electron chi connectivity index (χ4n) is 2.32. The number of amidine groups is 1. The van der Waals surface area contributed by atoms with Gasteiger partial charge in [0.2, 0.25) is 0 Å². The maximum Gasteiger partial charge on any atom is 0.279 e. The molecule has 0 saturated carbocycles. The summed E-state index contributed by atoms with van der Waals surface area (Å²) < 4.78 is 0. The SMILES string of the molecule is O=C(N=C(NC(=O)c1ccccc1)SCc1ccccc1)c1ccccc1. The predicted molar refractivity (Wildman–Crippen MR) is 110 cm³/mol. The number of nitrogens with zero attached hydrogens (tertiary/aromatic N) is 1. The van der Waals surface area contributed by atoms with Gasteiger partial charge in [0.25, 0.3) is 11.8 Å². The third-order valence-electron chi connectivity index (χ3n) is 3.70. The van der Waals surface area contributed by atoms with Crippen LogP contribution in [0.4, 0.5) is 0 Å². The van der Waals surface area contributed by atoms with E-state index in [4.69, 9.17) is 0 Å².